The number of rotatable bonds is 7. The summed E-state index contributed by atoms with van der Waals surface area (Å²) in [6.45, 7) is 0.0971. The predicted octanol–water partition coefficient (Wildman–Crippen LogP) is -1.61. The lowest BCUT2D eigenvalue weighted by atomic mass is 10.2. The van der Waals surface area contributed by atoms with Crippen molar-refractivity contribution in [2.24, 2.45) is 5.73 Å². The number of nitrogens with two attached hydrogens (primary N) is 1. The highest BCUT2D eigenvalue weighted by molar-refractivity contribution is 7.88. The standard InChI is InChI=1S/C10H19N3O4S/c1-13(18(2,16)17)7-4-9(3-5-11)10(15)12-6-8-14/h3-4,7,14H,5-6,8,11H2,1-2H3,(H,12,15)/b7-4?,9-3+. The molecule has 0 aliphatic rings. The summed E-state index contributed by atoms with van der Waals surface area (Å²) in [6, 6.07) is 0. The lowest BCUT2D eigenvalue weighted by Crippen LogP contribution is -2.28. The van der Waals surface area contributed by atoms with E-state index in [0.29, 0.717) is 0 Å². The Kier molecular flexibility index (Phi) is 7.25. The van der Waals surface area contributed by atoms with Gasteiger partial charge in [-0.3, -0.25) is 9.10 Å². The molecule has 0 aromatic heterocycles. The molecule has 4 N–H and O–H groups in total. The molecule has 0 spiro atoms. The average Bonchev–Trinajstić information content (AvgIpc) is 2.29. The van der Waals surface area contributed by atoms with Gasteiger partial charge in [-0.1, -0.05) is 6.08 Å². The first-order valence-corrected chi connectivity index (χ1v) is 7.08. The maximum atomic E-state index is 11.6. The third-order valence-corrected chi connectivity index (χ3v) is 3.15. The SMILES string of the molecule is CN(C=C/C(=C\CN)C(=O)NCCO)S(C)(=O)=O. The van der Waals surface area contributed by atoms with Crippen LogP contribution in [0.4, 0.5) is 0 Å². The van der Waals surface area contributed by atoms with Crippen LogP contribution in [0.1, 0.15) is 0 Å². The van der Waals surface area contributed by atoms with Crippen molar-refractivity contribution in [1.29, 1.82) is 0 Å². The molecule has 0 saturated heterocycles. The monoisotopic (exact) mass is 277 g/mol. The largest absolute Gasteiger partial charge is 0.395 e. The van der Waals surface area contributed by atoms with E-state index in [2.05, 4.69) is 5.32 Å². The fraction of sp³-hybridized carbons (Fsp3) is 0.500. The lowest BCUT2D eigenvalue weighted by Gasteiger charge is -2.11. The number of carbonyl (C=O) groups is 1. The molecule has 0 rings (SSSR count). The molecule has 0 atom stereocenters. The molecule has 0 aliphatic carbocycles. The van der Waals surface area contributed by atoms with E-state index in [1.54, 1.807) is 0 Å². The van der Waals surface area contributed by atoms with Crippen molar-refractivity contribution in [2.45, 2.75) is 0 Å². The molecule has 1 amide bonds. The Hall–Kier alpha value is -1.38. The van der Waals surface area contributed by atoms with Crippen LogP contribution in [0.5, 0.6) is 0 Å². The van der Waals surface area contributed by atoms with Gasteiger partial charge in [-0.05, 0) is 6.08 Å². The minimum absolute atomic E-state index is 0.122. The number of sulfonamides is 1. The average molecular weight is 277 g/mol. The maximum absolute atomic E-state index is 11.6. The van der Waals surface area contributed by atoms with Crippen LogP contribution in [-0.4, -0.2) is 56.7 Å². The van der Waals surface area contributed by atoms with Gasteiger partial charge in [0.05, 0.1) is 12.9 Å². The number of hydrogen-bond donors (Lipinski definition) is 3. The van der Waals surface area contributed by atoms with Crippen molar-refractivity contribution in [3.05, 3.63) is 23.9 Å². The van der Waals surface area contributed by atoms with Crippen molar-refractivity contribution in [3.8, 4) is 0 Å². The van der Waals surface area contributed by atoms with Crippen molar-refractivity contribution >= 4 is 15.9 Å². The van der Waals surface area contributed by atoms with Gasteiger partial charge in [-0.25, -0.2) is 8.42 Å². The molecule has 0 radical (unpaired) electrons. The summed E-state index contributed by atoms with van der Waals surface area (Å²) in [5, 5.41) is 11.0. The highest BCUT2D eigenvalue weighted by Crippen LogP contribution is 2.01. The number of aliphatic hydroxyl groups is 1. The van der Waals surface area contributed by atoms with Gasteiger partial charge in [-0.2, -0.15) is 0 Å². The third-order valence-electron chi connectivity index (χ3n) is 1.98. The highest BCUT2D eigenvalue weighted by Gasteiger charge is 2.08. The van der Waals surface area contributed by atoms with Gasteiger partial charge >= 0.3 is 0 Å². The van der Waals surface area contributed by atoms with E-state index in [9.17, 15) is 13.2 Å². The maximum Gasteiger partial charge on any atom is 0.251 e. The van der Waals surface area contributed by atoms with Crippen LogP contribution in [0.15, 0.2) is 23.9 Å². The molecule has 0 aliphatic heterocycles. The van der Waals surface area contributed by atoms with Crippen molar-refractivity contribution in [2.75, 3.05) is 33.0 Å². The first kappa shape index (κ1) is 16.6. The summed E-state index contributed by atoms with van der Waals surface area (Å²) in [4.78, 5) is 11.6. The van der Waals surface area contributed by atoms with E-state index < -0.39 is 15.9 Å². The molecule has 0 aromatic carbocycles. The molecule has 104 valence electrons. The number of hydrogen-bond acceptors (Lipinski definition) is 5. The number of nitrogens with one attached hydrogen (secondary N) is 1. The van der Waals surface area contributed by atoms with Crippen LogP contribution in [0, 0.1) is 0 Å². The number of aliphatic hydroxyl groups excluding tert-OH is 1. The Morgan fingerprint density at radius 1 is 1.50 bits per heavy atom. The summed E-state index contributed by atoms with van der Waals surface area (Å²) >= 11 is 0. The van der Waals surface area contributed by atoms with Crippen molar-refractivity contribution < 1.29 is 18.3 Å². The molecule has 0 unspecified atom stereocenters. The van der Waals surface area contributed by atoms with Crippen LogP contribution < -0.4 is 11.1 Å². The van der Waals surface area contributed by atoms with Crippen LogP contribution in [0.25, 0.3) is 0 Å². The number of nitrogens with zero attached hydrogens (tertiary/aromatic N) is 1. The normalized spacial score (nSPS) is 12.8. The highest BCUT2D eigenvalue weighted by atomic mass is 32.2. The van der Waals surface area contributed by atoms with E-state index in [4.69, 9.17) is 10.8 Å². The van der Waals surface area contributed by atoms with Crippen molar-refractivity contribution in [3.63, 3.8) is 0 Å². The summed E-state index contributed by atoms with van der Waals surface area (Å²) in [5.41, 5.74) is 5.55. The lowest BCUT2D eigenvalue weighted by molar-refractivity contribution is -0.117. The van der Waals surface area contributed by atoms with E-state index in [1.165, 1.54) is 25.4 Å². The van der Waals surface area contributed by atoms with Gasteiger partial charge < -0.3 is 16.2 Å². The smallest absolute Gasteiger partial charge is 0.251 e. The van der Waals surface area contributed by atoms with Crippen LogP contribution in [0.2, 0.25) is 0 Å². The van der Waals surface area contributed by atoms with Crippen LogP contribution >= 0.6 is 0 Å². The fourth-order valence-electron chi connectivity index (χ4n) is 0.931. The van der Waals surface area contributed by atoms with E-state index in [1.807, 2.05) is 0 Å². The first-order valence-electron chi connectivity index (χ1n) is 5.23. The first-order chi connectivity index (χ1) is 8.32. The second kappa shape index (κ2) is 7.85. The van der Waals surface area contributed by atoms with E-state index in [0.717, 1.165) is 10.6 Å². The second-order valence-electron chi connectivity index (χ2n) is 3.47. The zero-order chi connectivity index (χ0) is 14.2. The van der Waals surface area contributed by atoms with Gasteiger partial charge in [0.1, 0.15) is 0 Å². The van der Waals surface area contributed by atoms with Crippen LogP contribution in [0.3, 0.4) is 0 Å². The molecular formula is C10H19N3O4S. The van der Waals surface area contributed by atoms with Gasteiger partial charge in [0, 0.05) is 31.9 Å². The van der Waals surface area contributed by atoms with Crippen LogP contribution in [-0.2, 0) is 14.8 Å². The molecule has 7 nitrogen and oxygen atoms in total. The molecule has 0 fully saturated rings. The Bertz CT molecular complexity index is 428. The summed E-state index contributed by atoms with van der Waals surface area (Å²) in [6.07, 6.45) is 5.12. The quantitative estimate of drug-likeness (QED) is 0.382. The Morgan fingerprint density at radius 3 is 2.56 bits per heavy atom. The predicted molar refractivity (Wildman–Crippen MR) is 69.0 cm³/mol. The number of carbonyl (C=O) groups excluding carboxylic acids is 1. The van der Waals surface area contributed by atoms with Gasteiger partial charge in [0.25, 0.3) is 5.91 Å². The fourth-order valence-corrected chi connectivity index (χ4v) is 1.21. The summed E-state index contributed by atoms with van der Waals surface area (Å²) in [7, 11) is -1.98. The minimum atomic E-state index is -3.34. The van der Waals surface area contributed by atoms with E-state index in [-0.39, 0.29) is 25.3 Å². The molecule has 0 saturated carbocycles. The third kappa shape index (κ3) is 6.38. The molecular weight excluding hydrogens is 258 g/mol. The van der Waals surface area contributed by atoms with E-state index >= 15 is 0 Å². The van der Waals surface area contributed by atoms with Crippen molar-refractivity contribution in [1.82, 2.24) is 9.62 Å². The molecule has 0 bridgehead atoms. The van der Waals surface area contributed by atoms with Gasteiger partial charge in [0.15, 0.2) is 0 Å². The summed E-state index contributed by atoms with van der Waals surface area (Å²) in [5.74, 6) is -0.423. The zero-order valence-corrected chi connectivity index (χ0v) is 11.3. The molecule has 0 heterocycles. The molecule has 0 aromatic rings. The Morgan fingerprint density at radius 2 is 2.11 bits per heavy atom. The van der Waals surface area contributed by atoms with Gasteiger partial charge in [0.2, 0.25) is 10.0 Å². The topological polar surface area (TPSA) is 113 Å². The molecule has 8 heteroatoms. The second-order valence-corrected chi connectivity index (χ2v) is 5.51. The van der Waals surface area contributed by atoms with Gasteiger partial charge in [-0.15, -0.1) is 0 Å². The molecule has 18 heavy (non-hydrogen) atoms. The summed E-state index contributed by atoms with van der Waals surface area (Å²) < 4.78 is 23.3. The number of amides is 1. The zero-order valence-electron chi connectivity index (χ0n) is 10.5. The minimum Gasteiger partial charge on any atom is -0.395 e. The Labute approximate surface area is 107 Å². The Balaban J connectivity index is 4.80.